The second kappa shape index (κ2) is 9.45. The van der Waals surface area contributed by atoms with Gasteiger partial charge >= 0.3 is 0 Å². The molecule has 8 heteroatoms. The standard InChI is InChI=1S/C22H35N5O3/c28-20(14-17-6-2-1-3-7-17)26-12-10-22(30,11-13-26)16-27-15-19(24-25-27)21(29)23-18-8-4-5-9-18/h15,17-18,30H,1-14,16H2,(H,23,29). The lowest BCUT2D eigenvalue weighted by molar-refractivity contribution is -0.137. The van der Waals surface area contributed by atoms with Gasteiger partial charge in [0.05, 0.1) is 18.3 Å². The van der Waals surface area contributed by atoms with Gasteiger partial charge in [0.2, 0.25) is 5.91 Å². The molecule has 30 heavy (non-hydrogen) atoms. The van der Waals surface area contributed by atoms with Gasteiger partial charge in [-0.2, -0.15) is 0 Å². The number of nitrogens with zero attached hydrogens (tertiary/aromatic N) is 4. The van der Waals surface area contributed by atoms with Crippen LogP contribution in [-0.4, -0.2) is 61.5 Å². The monoisotopic (exact) mass is 417 g/mol. The number of hydrogen-bond donors (Lipinski definition) is 2. The molecule has 3 fully saturated rings. The van der Waals surface area contributed by atoms with Gasteiger partial charge < -0.3 is 15.3 Å². The number of piperidine rings is 1. The molecule has 2 N–H and O–H groups in total. The Morgan fingerprint density at radius 1 is 1.07 bits per heavy atom. The number of likely N-dealkylation sites (tertiary alicyclic amines) is 1. The van der Waals surface area contributed by atoms with Crippen LogP contribution in [0.5, 0.6) is 0 Å². The zero-order valence-corrected chi connectivity index (χ0v) is 17.9. The van der Waals surface area contributed by atoms with Crippen LogP contribution < -0.4 is 5.32 Å². The number of hydrogen-bond acceptors (Lipinski definition) is 5. The predicted molar refractivity (Wildman–Crippen MR) is 112 cm³/mol. The summed E-state index contributed by atoms with van der Waals surface area (Å²) >= 11 is 0. The molecule has 1 saturated heterocycles. The summed E-state index contributed by atoms with van der Waals surface area (Å²) in [7, 11) is 0. The predicted octanol–water partition coefficient (Wildman–Crippen LogP) is 2.27. The van der Waals surface area contributed by atoms with E-state index >= 15 is 0 Å². The minimum Gasteiger partial charge on any atom is -0.388 e. The van der Waals surface area contributed by atoms with Gasteiger partial charge in [-0.05, 0) is 44.4 Å². The van der Waals surface area contributed by atoms with Crippen LogP contribution in [0.15, 0.2) is 6.20 Å². The van der Waals surface area contributed by atoms with Gasteiger partial charge in [-0.1, -0.05) is 37.3 Å². The number of aliphatic hydroxyl groups is 1. The van der Waals surface area contributed by atoms with Crippen molar-refractivity contribution in [3.05, 3.63) is 11.9 Å². The van der Waals surface area contributed by atoms with Gasteiger partial charge in [0, 0.05) is 25.6 Å². The summed E-state index contributed by atoms with van der Waals surface area (Å²) in [4.78, 5) is 26.9. The minimum atomic E-state index is -0.922. The fourth-order valence-electron chi connectivity index (χ4n) is 5.21. The van der Waals surface area contributed by atoms with Crippen molar-refractivity contribution >= 4 is 11.8 Å². The number of aromatic nitrogens is 3. The number of nitrogens with one attached hydrogen (secondary N) is 1. The maximum absolute atomic E-state index is 12.6. The summed E-state index contributed by atoms with van der Waals surface area (Å²) < 4.78 is 1.56. The Bertz CT molecular complexity index is 729. The average molecular weight is 418 g/mol. The number of carbonyl (C=O) groups excluding carboxylic acids is 2. The molecule has 0 aromatic carbocycles. The molecule has 0 unspecified atom stereocenters. The summed E-state index contributed by atoms with van der Waals surface area (Å²) in [6.07, 6.45) is 13.8. The molecule has 4 rings (SSSR count). The van der Waals surface area contributed by atoms with Crippen LogP contribution in [0.1, 0.15) is 87.5 Å². The van der Waals surface area contributed by atoms with E-state index in [1.165, 1.54) is 32.1 Å². The molecule has 1 aromatic rings. The van der Waals surface area contributed by atoms with Crippen molar-refractivity contribution in [1.82, 2.24) is 25.2 Å². The van der Waals surface area contributed by atoms with Crippen LogP contribution in [-0.2, 0) is 11.3 Å². The molecule has 2 heterocycles. The highest BCUT2D eigenvalue weighted by Gasteiger charge is 2.35. The second-order valence-corrected chi connectivity index (χ2v) is 9.57. The molecule has 2 aliphatic carbocycles. The smallest absolute Gasteiger partial charge is 0.273 e. The maximum atomic E-state index is 12.6. The topological polar surface area (TPSA) is 100 Å². The Morgan fingerprint density at radius 3 is 2.43 bits per heavy atom. The first-order valence-corrected chi connectivity index (χ1v) is 11.7. The molecule has 0 atom stereocenters. The van der Waals surface area contributed by atoms with Crippen LogP contribution in [0.4, 0.5) is 0 Å². The van der Waals surface area contributed by atoms with Gasteiger partial charge in [0.15, 0.2) is 5.69 Å². The van der Waals surface area contributed by atoms with Crippen molar-refractivity contribution in [3.8, 4) is 0 Å². The van der Waals surface area contributed by atoms with E-state index in [4.69, 9.17) is 0 Å². The highest BCUT2D eigenvalue weighted by Crippen LogP contribution is 2.29. The SMILES string of the molecule is O=C(NC1CCCC1)c1cn(CC2(O)CCN(C(=O)CC3CCCCC3)CC2)nn1. The zero-order chi connectivity index (χ0) is 21.0. The lowest BCUT2D eigenvalue weighted by Crippen LogP contribution is -2.49. The molecule has 3 aliphatic rings. The molecule has 8 nitrogen and oxygen atoms in total. The fourth-order valence-corrected chi connectivity index (χ4v) is 5.21. The third kappa shape index (κ3) is 5.39. The molecular weight excluding hydrogens is 382 g/mol. The van der Waals surface area contributed by atoms with Gasteiger partial charge in [-0.15, -0.1) is 5.10 Å². The van der Waals surface area contributed by atoms with Crippen LogP contribution >= 0.6 is 0 Å². The van der Waals surface area contributed by atoms with Crippen LogP contribution in [0, 0.1) is 5.92 Å². The van der Waals surface area contributed by atoms with Crippen molar-refractivity contribution in [2.75, 3.05) is 13.1 Å². The van der Waals surface area contributed by atoms with E-state index in [0.717, 1.165) is 25.7 Å². The minimum absolute atomic E-state index is 0.191. The Hall–Kier alpha value is -1.96. The third-order valence-corrected chi connectivity index (χ3v) is 7.15. The normalized spacial score (nSPS) is 22.9. The molecule has 1 aliphatic heterocycles. The van der Waals surface area contributed by atoms with E-state index in [-0.39, 0.29) is 17.9 Å². The van der Waals surface area contributed by atoms with Gasteiger partial charge in [-0.3, -0.25) is 9.59 Å². The molecule has 0 spiro atoms. The molecular formula is C22H35N5O3. The van der Waals surface area contributed by atoms with E-state index in [0.29, 0.717) is 50.5 Å². The Morgan fingerprint density at radius 2 is 1.73 bits per heavy atom. The highest BCUT2D eigenvalue weighted by atomic mass is 16.3. The average Bonchev–Trinajstić information content (AvgIpc) is 3.41. The summed E-state index contributed by atoms with van der Waals surface area (Å²) in [5, 5.41) is 22.0. The summed E-state index contributed by atoms with van der Waals surface area (Å²) in [5.74, 6) is 0.579. The lowest BCUT2D eigenvalue weighted by atomic mass is 9.86. The second-order valence-electron chi connectivity index (χ2n) is 9.57. The van der Waals surface area contributed by atoms with E-state index in [9.17, 15) is 14.7 Å². The van der Waals surface area contributed by atoms with Crippen LogP contribution in [0.3, 0.4) is 0 Å². The van der Waals surface area contributed by atoms with Crippen molar-refractivity contribution < 1.29 is 14.7 Å². The molecule has 0 radical (unpaired) electrons. The van der Waals surface area contributed by atoms with Gasteiger partial charge in [0.1, 0.15) is 0 Å². The van der Waals surface area contributed by atoms with Gasteiger partial charge in [-0.25, -0.2) is 4.68 Å². The van der Waals surface area contributed by atoms with Crippen molar-refractivity contribution in [2.24, 2.45) is 5.92 Å². The third-order valence-electron chi connectivity index (χ3n) is 7.15. The number of rotatable bonds is 6. The Balaban J connectivity index is 1.25. The van der Waals surface area contributed by atoms with Crippen LogP contribution in [0.2, 0.25) is 0 Å². The number of amides is 2. The van der Waals surface area contributed by atoms with E-state index < -0.39 is 5.60 Å². The van der Waals surface area contributed by atoms with Crippen molar-refractivity contribution in [3.63, 3.8) is 0 Å². The first-order valence-electron chi connectivity index (χ1n) is 11.7. The first-order chi connectivity index (χ1) is 14.5. The largest absolute Gasteiger partial charge is 0.388 e. The number of carbonyl (C=O) groups is 2. The Kier molecular flexibility index (Phi) is 6.71. The van der Waals surface area contributed by atoms with E-state index in [2.05, 4.69) is 15.6 Å². The Labute approximate surface area is 178 Å². The maximum Gasteiger partial charge on any atom is 0.273 e. The summed E-state index contributed by atoms with van der Waals surface area (Å²) in [6.45, 7) is 1.44. The fraction of sp³-hybridized carbons (Fsp3) is 0.818. The summed E-state index contributed by atoms with van der Waals surface area (Å²) in [6, 6.07) is 0.238. The molecule has 166 valence electrons. The molecule has 0 bridgehead atoms. The van der Waals surface area contributed by atoms with Crippen LogP contribution in [0.25, 0.3) is 0 Å². The molecule has 1 aromatic heterocycles. The lowest BCUT2D eigenvalue weighted by Gasteiger charge is -2.38. The van der Waals surface area contributed by atoms with Crippen molar-refractivity contribution in [2.45, 2.75) is 95.2 Å². The van der Waals surface area contributed by atoms with E-state index in [1.807, 2.05) is 4.90 Å². The first kappa shape index (κ1) is 21.3. The highest BCUT2D eigenvalue weighted by molar-refractivity contribution is 5.92. The summed E-state index contributed by atoms with van der Waals surface area (Å²) in [5.41, 5.74) is -0.625. The van der Waals surface area contributed by atoms with Gasteiger partial charge in [0.25, 0.3) is 5.91 Å². The molecule has 2 amide bonds. The van der Waals surface area contributed by atoms with E-state index in [1.54, 1.807) is 10.9 Å². The molecule has 2 saturated carbocycles. The van der Waals surface area contributed by atoms with Crippen molar-refractivity contribution in [1.29, 1.82) is 0 Å². The quantitative estimate of drug-likeness (QED) is 0.740. The zero-order valence-electron chi connectivity index (χ0n) is 17.9.